The Kier molecular flexibility index (Phi) is 8.19. The topological polar surface area (TPSA) is 145 Å². The molecule has 1 aliphatic rings. The molecule has 0 aromatic heterocycles. The largest absolute Gasteiger partial charge is 0.507 e. The Hall–Kier alpha value is -4.71. The Balaban J connectivity index is 1.27. The lowest BCUT2D eigenvalue weighted by Gasteiger charge is -2.21. The maximum absolute atomic E-state index is 13.1. The van der Waals surface area contributed by atoms with Crippen LogP contribution in [0.4, 0.5) is 18.9 Å². The highest BCUT2D eigenvalue weighted by Crippen LogP contribution is 2.36. The van der Waals surface area contributed by atoms with Crippen LogP contribution in [0.5, 0.6) is 11.5 Å². The molecule has 0 radical (unpaired) electrons. The van der Waals surface area contributed by atoms with Crippen molar-refractivity contribution in [2.24, 2.45) is 5.73 Å². The highest BCUT2D eigenvalue weighted by molar-refractivity contribution is 6.31. The summed E-state index contributed by atoms with van der Waals surface area (Å²) in [7, 11) is 0. The van der Waals surface area contributed by atoms with E-state index < -0.39 is 35.7 Å². The number of fused-ring (bicyclic) bond motifs is 2. The van der Waals surface area contributed by atoms with Gasteiger partial charge in [0.2, 0.25) is 0 Å². The number of aromatic hydroxyl groups is 1. The summed E-state index contributed by atoms with van der Waals surface area (Å²) in [6.45, 7) is 0.253. The van der Waals surface area contributed by atoms with Gasteiger partial charge in [-0.2, -0.15) is 13.2 Å². The molecule has 9 nitrogen and oxygen atoms in total. The number of nitrogens with two attached hydrogens (primary N) is 1. The molecule has 4 N–H and O–H groups in total. The van der Waals surface area contributed by atoms with Gasteiger partial charge in [-0.1, -0.05) is 36.4 Å². The van der Waals surface area contributed by atoms with Crippen LogP contribution < -0.4 is 15.8 Å². The van der Waals surface area contributed by atoms with Crippen molar-refractivity contribution in [2.75, 3.05) is 18.5 Å². The van der Waals surface area contributed by atoms with Crippen molar-refractivity contribution in [1.82, 2.24) is 0 Å². The number of carbonyl (C=O) groups excluding carboxylic acids is 4. The molecule has 3 aromatic carbocycles. The van der Waals surface area contributed by atoms with Crippen LogP contribution in [0.15, 0.2) is 60.7 Å². The van der Waals surface area contributed by atoms with Crippen LogP contribution in [-0.4, -0.2) is 54.0 Å². The Bertz CT molecular complexity index is 1470. The average molecular weight is 556 g/mol. The second-order valence-electron chi connectivity index (χ2n) is 8.88. The molecule has 0 fully saturated rings. The van der Waals surface area contributed by atoms with E-state index in [0.29, 0.717) is 17.7 Å². The second kappa shape index (κ2) is 11.6. The molecule has 3 aromatic rings. The second-order valence-corrected chi connectivity index (χ2v) is 8.88. The van der Waals surface area contributed by atoms with Crippen LogP contribution in [0, 0.1) is 0 Å². The fraction of sp³-hybridized carbons (Fsp3) is 0.214. The Morgan fingerprint density at radius 1 is 0.925 bits per heavy atom. The first-order valence-electron chi connectivity index (χ1n) is 12.1. The van der Waals surface area contributed by atoms with E-state index in [1.54, 1.807) is 18.2 Å². The van der Waals surface area contributed by atoms with Gasteiger partial charge in [-0.05, 0) is 42.7 Å². The van der Waals surface area contributed by atoms with Crippen molar-refractivity contribution in [3.05, 3.63) is 88.5 Å². The summed E-state index contributed by atoms with van der Waals surface area (Å²) < 4.78 is 46.3. The number of ketones is 2. The number of hydrogen-bond acceptors (Lipinski definition) is 9. The number of halogens is 3. The molecule has 1 atom stereocenters. The molecule has 208 valence electrons. The third kappa shape index (κ3) is 6.12. The molecule has 0 bridgehead atoms. The van der Waals surface area contributed by atoms with Crippen LogP contribution in [0.2, 0.25) is 0 Å². The summed E-state index contributed by atoms with van der Waals surface area (Å²) in [5.41, 5.74) is 7.20. The van der Waals surface area contributed by atoms with Crippen molar-refractivity contribution in [2.45, 2.75) is 25.1 Å². The van der Waals surface area contributed by atoms with E-state index in [-0.39, 0.29) is 53.3 Å². The average Bonchev–Trinajstić information content (AvgIpc) is 2.92. The standard InChI is InChI=1S/C28H23F3N2O7/c29-28(30,31)27(38)40-16-8-6-15(7-9-16)14-19(32)26(37)39-13-3-12-33-20-10-11-21(34)23-22(20)24(35)17-4-1-2-5-18(17)25(23)36/h1-2,4-11,19,33-34H,3,12-14,32H2/t19-/m0/s1. The van der Waals surface area contributed by atoms with Gasteiger partial charge < -0.3 is 25.6 Å². The van der Waals surface area contributed by atoms with Gasteiger partial charge in [-0.15, -0.1) is 0 Å². The van der Waals surface area contributed by atoms with Crippen molar-refractivity contribution >= 4 is 29.2 Å². The Morgan fingerprint density at radius 3 is 2.17 bits per heavy atom. The summed E-state index contributed by atoms with van der Waals surface area (Å²) in [4.78, 5) is 49.1. The Labute approximate surface area is 225 Å². The molecule has 1 aliphatic carbocycles. The van der Waals surface area contributed by atoms with Gasteiger partial charge in [0, 0.05) is 23.4 Å². The van der Waals surface area contributed by atoms with E-state index in [4.69, 9.17) is 10.5 Å². The zero-order valence-corrected chi connectivity index (χ0v) is 20.8. The number of ether oxygens (including phenoxy) is 2. The van der Waals surface area contributed by atoms with Crippen LogP contribution in [0.25, 0.3) is 0 Å². The smallest absolute Gasteiger partial charge is 0.491 e. The number of anilines is 1. The fourth-order valence-corrected chi connectivity index (χ4v) is 4.12. The number of phenolic OH excluding ortho intramolecular Hbond substituents is 1. The summed E-state index contributed by atoms with van der Waals surface area (Å²) in [6, 6.07) is 13.2. The molecule has 0 aliphatic heterocycles. The highest BCUT2D eigenvalue weighted by Gasteiger charge is 2.41. The number of hydrogen-bond donors (Lipinski definition) is 3. The van der Waals surface area contributed by atoms with Gasteiger partial charge in [0.1, 0.15) is 17.5 Å². The van der Waals surface area contributed by atoms with Crippen molar-refractivity contribution in [3.8, 4) is 11.5 Å². The quantitative estimate of drug-likeness (QED) is 0.122. The van der Waals surface area contributed by atoms with Gasteiger partial charge >= 0.3 is 18.1 Å². The molecule has 12 heteroatoms. The van der Waals surface area contributed by atoms with Gasteiger partial charge in [0.05, 0.1) is 17.7 Å². The van der Waals surface area contributed by atoms with Crippen molar-refractivity contribution in [1.29, 1.82) is 0 Å². The first-order chi connectivity index (χ1) is 19.0. The van der Waals surface area contributed by atoms with E-state index in [2.05, 4.69) is 10.1 Å². The molecule has 0 amide bonds. The SMILES string of the molecule is N[C@@H](Cc1ccc(OC(=O)C(F)(F)F)cc1)C(=O)OCCCNc1ccc(O)c2c1C(=O)c1ccccc1C2=O. The van der Waals surface area contributed by atoms with E-state index in [9.17, 15) is 37.5 Å². The lowest BCUT2D eigenvalue weighted by Crippen LogP contribution is -2.34. The molecule has 0 heterocycles. The van der Waals surface area contributed by atoms with Gasteiger partial charge in [-0.25, -0.2) is 4.79 Å². The van der Waals surface area contributed by atoms with Crippen LogP contribution in [0.1, 0.15) is 43.8 Å². The molecular formula is C28H23F3N2O7. The zero-order chi connectivity index (χ0) is 29.0. The third-order valence-corrected chi connectivity index (χ3v) is 6.06. The number of carbonyl (C=O) groups is 4. The van der Waals surface area contributed by atoms with E-state index in [1.165, 1.54) is 30.3 Å². The summed E-state index contributed by atoms with van der Waals surface area (Å²) in [6.07, 6.45) is -4.76. The summed E-state index contributed by atoms with van der Waals surface area (Å²) in [5.74, 6) is -4.50. The lowest BCUT2D eigenvalue weighted by atomic mass is 9.82. The van der Waals surface area contributed by atoms with E-state index in [1.807, 2.05) is 0 Å². The summed E-state index contributed by atoms with van der Waals surface area (Å²) in [5, 5.41) is 13.3. The molecule has 4 rings (SSSR count). The van der Waals surface area contributed by atoms with Gasteiger partial charge in [-0.3, -0.25) is 14.4 Å². The Morgan fingerprint density at radius 2 is 1.55 bits per heavy atom. The number of alkyl halides is 3. The van der Waals surface area contributed by atoms with Gasteiger partial charge in [0.25, 0.3) is 0 Å². The predicted octanol–water partition coefficient (Wildman–Crippen LogP) is 3.55. The maximum Gasteiger partial charge on any atom is 0.491 e. The highest BCUT2D eigenvalue weighted by atomic mass is 19.4. The fourth-order valence-electron chi connectivity index (χ4n) is 4.12. The third-order valence-electron chi connectivity index (χ3n) is 6.06. The normalized spacial score (nSPS) is 13.2. The number of esters is 2. The number of rotatable bonds is 9. The van der Waals surface area contributed by atoms with Crippen LogP contribution in [-0.2, 0) is 20.7 Å². The minimum Gasteiger partial charge on any atom is -0.507 e. The van der Waals surface area contributed by atoms with Crippen molar-refractivity contribution < 1.29 is 46.9 Å². The van der Waals surface area contributed by atoms with E-state index >= 15 is 0 Å². The minimum atomic E-state index is -5.12. The van der Waals surface area contributed by atoms with Crippen molar-refractivity contribution in [3.63, 3.8) is 0 Å². The predicted molar refractivity (Wildman–Crippen MR) is 135 cm³/mol. The zero-order valence-electron chi connectivity index (χ0n) is 20.8. The molecule has 0 spiro atoms. The maximum atomic E-state index is 13.1. The van der Waals surface area contributed by atoms with Crippen LogP contribution >= 0.6 is 0 Å². The molecule has 0 saturated heterocycles. The minimum absolute atomic E-state index is 0.0121. The molecule has 40 heavy (non-hydrogen) atoms. The number of benzene rings is 3. The molecular weight excluding hydrogens is 533 g/mol. The first-order valence-corrected chi connectivity index (χ1v) is 12.1. The number of nitrogens with one attached hydrogen (secondary N) is 1. The number of phenols is 1. The monoisotopic (exact) mass is 556 g/mol. The molecule has 0 unspecified atom stereocenters. The van der Waals surface area contributed by atoms with Gasteiger partial charge in [0.15, 0.2) is 11.6 Å². The molecule has 0 saturated carbocycles. The summed E-state index contributed by atoms with van der Waals surface area (Å²) >= 11 is 0. The lowest BCUT2D eigenvalue weighted by molar-refractivity contribution is -0.189. The van der Waals surface area contributed by atoms with Crippen LogP contribution in [0.3, 0.4) is 0 Å². The van der Waals surface area contributed by atoms with E-state index in [0.717, 1.165) is 12.1 Å². The first kappa shape index (κ1) is 28.3.